The van der Waals surface area contributed by atoms with Gasteiger partial charge in [-0.05, 0) is 37.6 Å². The van der Waals surface area contributed by atoms with E-state index in [-0.39, 0.29) is 11.4 Å². The van der Waals surface area contributed by atoms with E-state index in [0.717, 1.165) is 26.1 Å². The van der Waals surface area contributed by atoms with E-state index in [1.165, 1.54) is 5.56 Å². The van der Waals surface area contributed by atoms with Gasteiger partial charge in [-0.2, -0.15) is 0 Å². The van der Waals surface area contributed by atoms with Gasteiger partial charge in [0.05, 0.1) is 0 Å². The van der Waals surface area contributed by atoms with E-state index in [1.807, 2.05) is 12.1 Å². The summed E-state index contributed by atoms with van der Waals surface area (Å²) in [5.74, 6) is -0.378. The monoisotopic (exact) mass is 233 g/mol. The number of primary amides is 1. The molecule has 0 aromatic heterocycles. The summed E-state index contributed by atoms with van der Waals surface area (Å²) in [4.78, 5) is 10.9. The molecule has 4 heteroatoms. The number of nitrogens with two attached hydrogens (primary N) is 1. The van der Waals surface area contributed by atoms with Crippen molar-refractivity contribution < 1.29 is 4.79 Å². The van der Waals surface area contributed by atoms with Crippen LogP contribution in [0.1, 0.15) is 29.3 Å². The van der Waals surface area contributed by atoms with Gasteiger partial charge in [-0.3, -0.25) is 4.79 Å². The van der Waals surface area contributed by atoms with E-state index in [4.69, 9.17) is 5.73 Å². The minimum absolute atomic E-state index is 0.183. The second kappa shape index (κ2) is 4.85. The molecule has 92 valence electrons. The van der Waals surface area contributed by atoms with Crippen molar-refractivity contribution in [3.05, 3.63) is 35.4 Å². The number of hydrogen-bond donors (Lipinski definition) is 3. The molecule has 1 saturated heterocycles. The molecule has 1 heterocycles. The maximum absolute atomic E-state index is 10.9. The number of hydrogen-bond acceptors (Lipinski definition) is 3. The quantitative estimate of drug-likeness (QED) is 0.714. The standard InChI is InChI=1S/C13H19N3O/c1-13(6-7-15-9-13)16-8-10-2-4-11(5-3-10)12(14)17/h2-5,15-16H,6-9H2,1H3,(H2,14,17). The summed E-state index contributed by atoms with van der Waals surface area (Å²) in [6, 6.07) is 7.43. The summed E-state index contributed by atoms with van der Waals surface area (Å²) in [5.41, 5.74) is 7.11. The van der Waals surface area contributed by atoms with E-state index >= 15 is 0 Å². The summed E-state index contributed by atoms with van der Waals surface area (Å²) in [6.07, 6.45) is 1.15. The van der Waals surface area contributed by atoms with Gasteiger partial charge < -0.3 is 16.4 Å². The van der Waals surface area contributed by atoms with E-state index in [0.29, 0.717) is 5.56 Å². The van der Waals surface area contributed by atoms with Crippen molar-refractivity contribution in [3.8, 4) is 0 Å². The van der Waals surface area contributed by atoms with Gasteiger partial charge in [0.15, 0.2) is 0 Å². The van der Waals surface area contributed by atoms with Crippen LogP contribution in [0.2, 0.25) is 0 Å². The maximum Gasteiger partial charge on any atom is 0.248 e. The Morgan fingerprint density at radius 1 is 1.47 bits per heavy atom. The molecule has 1 fully saturated rings. The molecule has 1 unspecified atom stereocenters. The largest absolute Gasteiger partial charge is 0.366 e. The average molecular weight is 233 g/mol. The Hall–Kier alpha value is -1.39. The van der Waals surface area contributed by atoms with Gasteiger partial charge >= 0.3 is 0 Å². The Labute approximate surface area is 102 Å². The molecule has 4 N–H and O–H groups in total. The fourth-order valence-corrected chi connectivity index (χ4v) is 2.07. The van der Waals surface area contributed by atoms with Gasteiger partial charge in [-0.1, -0.05) is 12.1 Å². The second-order valence-electron chi connectivity index (χ2n) is 4.90. The molecule has 0 bridgehead atoms. The topological polar surface area (TPSA) is 67.1 Å². The summed E-state index contributed by atoms with van der Waals surface area (Å²) in [6.45, 7) is 5.12. The molecule has 1 aliphatic rings. The zero-order valence-corrected chi connectivity index (χ0v) is 10.1. The van der Waals surface area contributed by atoms with Crippen LogP contribution in [0.3, 0.4) is 0 Å². The van der Waals surface area contributed by atoms with Crippen LogP contribution in [0.5, 0.6) is 0 Å². The zero-order chi connectivity index (χ0) is 12.3. The highest BCUT2D eigenvalue weighted by molar-refractivity contribution is 5.92. The van der Waals surface area contributed by atoms with Crippen molar-refractivity contribution >= 4 is 5.91 Å². The fraction of sp³-hybridized carbons (Fsp3) is 0.462. The summed E-state index contributed by atoms with van der Waals surface area (Å²) < 4.78 is 0. The maximum atomic E-state index is 10.9. The first-order valence-corrected chi connectivity index (χ1v) is 5.94. The first-order chi connectivity index (χ1) is 8.09. The smallest absolute Gasteiger partial charge is 0.248 e. The molecule has 1 atom stereocenters. The lowest BCUT2D eigenvalue weighted by Crippen LogP contribution is -2.43. The number of carbonyl (C=O) groups excluding carboxylic acids is 1. The minimum Gasteiger partial charge on any atom is -0.366 e. The minimum atomic E-state index is -0.378. The van der Waals surface area contributed by atoms with Gasteiger partial charge in [0.1, 0.15) is 0 Å². The molecular weight excluding hydrogens is 214 g/mol. The molecule has 0 saturated carbocycles. The normalized spacial score (nSPS) is 23.8. The second-order valence-corrected chi connectivity index (χ2v) is 4.90. The van der Waals surface area contributed by atoms with Crippen LogP contribution in [0.15, 0.2) is 24.3 Å². The van der Waals surface area contributed by atoms with Crippen molar-refractivity contribution in [1.82, 2.24) is 10.6 Å². The Morgan fingerprint density at radius 2 is 2.18 bits per heavy atom. The molecule has 1 amide bonds. The highest BCUT2D eigenvalue weighted by Gasteiger charge is 2.27. The third-order valence-electron chi connectivity index (χ3n) is 3.33. The Kier molecular flexibility index (Phi) is 3.45. The van der Waals surface area contributed by atoms with Crippen LogP contribution >= 0.6 is 0 Å². The Bertz CT molecular complexity index is 394. The highest BCUT2D eigenvalue weighted by atomic mass is 16.1. The third-order valence-corrected chi connectivity index (χ3v) is 3.33. The molecule has 1 aliphatic heterocycles. The lowest BCUT2D eigenvalue weighted by molar-refractivity contribution is 0.100. The fourth-order valence-electron chi connectivity index (χ4n) is 2.07. The van der Waals surface area contributed by atoms with Crippen LogP contribution < -0.4 is 16.4 Å². The third kappa shape index (κ3) is 3.05. The van der Waals surface area contributed by atoms with E-state index in [9.17, 15) is 4.79 Å². The van der Waals surface area contributed by atoms with E-state index in [1.54, 1.807) is 12.1 Å². The SMILES string of the molecule is CC1(NCc2ccc(C(N)=O)cc2)CCNC1. The number of rotatable bonds is 4. The van der Waals surface area contributed by atoms with Gasteiger partial charge in [-0.15, -0.1) is 0 Å². The lowest BCUT2D eigenvalue weighted by Gasteiger charge is -2.24. The molecule has 1 aromatic rings. The zero-order valence-electron chi connectivity index (χ0n) is 10.1. The first kappa shape index (κ1) is 12.1. The highest BCUT2D eigenvalue weighted by Crippen LogP contribution is 2.14. The summed E-state index contributed by atoms with van der Waals surface area (Å²) in [5, 5.41) is 6.89. The molecule has 0 aliphatic carbocycles. The first-order valence-electron chi connectivity index (χ1n) is 5.94. The molecule has 0 spiro atoms. The predicted molar refractivity (Wildman–Crippen MR) is 67.7 cm³/mol. The van der Waals surface area contributed by atoms with Gasteiger partial charge in [0, 0.05) is 24.2 Å². The molecule has 2 rings (SSSR count). The van der Waals surface area contributed by atoms with Crippen molar-refractivity contribution in [1.29, 1.82) is 0 Å². The van der Waals surface area contributed by atoms with Crippen molar-refractivity contribution in [3.63, 3.8) is 0 Å². The molecule has 0 radical (unpaired) electrons. The number of benzene rings is 1. The molecule has 1 aromatic carbocycles. The summed E-state index contributed by atoms with van der Waals surface area (Å²) >= 11 is 0. The predicted octanol–water partition coefficient (Wildman–Crippen LogP) is 0.627. The van der Waals surface area contributed by atoms with Gasteiger partial charge in [0.25, 0.3) is 0 Å². The number of carbonyl (C=O) groups is 1. The molecule has 17 heavy (non-hydrogen) atoms. The molecule has 4 nitrogen and oxygen atoms in total. The lowest BCUT2D eigenvalue weighted by atomic mass is 10.0. The van der Waals surface area contributed by atoms with E-state index < -0.39 is 0 Å². The van der Waals surface area contributed by atoms with Crippen LogP contribution in [0, 0.1) is 0 Å². The summed E-state index contributed by atoms with van der Waals surface area (Å²) in [7, 11) is 0. The van der Waals surface area contributed by atoms with Gasteiger partial charge in [0.2, 0.25) is 5.91 Å². The number of nitrogens with one attached hydrogen (secondary N) is 2. The van der Waals surface area contributed by atoms with Crippen LogP contribution in [0.4, 0.5) is 0 Å². The molecular formula is C13H19N3O. The van der Waals surface area contributed by atoms with Crippen LogP contribution in [-0.4, -0.2) is 24.5 Å². The van der Waals surface area contributed by atoms with Crippen molar-refractivity contribution in [2.75, 3.05) is 13.1 Å². The average Bonchev–Trinajstić information content (AvgIpc) is 2.75. The van der Waals surface area contributed by atoms with Crippen LogP contribution in [-0.2, 0) is 6.54 Å². The van der Waals surface area contributed by atoms with E-state index in [2.05, 4.69) is 17.6 Å². The van der Waals surface area contributed by atoms with Crippen LogP contribution in [0.25, 0.3) is 0 Å². The van der Waals surface area contributed by atoms with Gasteiger partial charge in [-0.25, -0.2) is 0 Å². The van der Waals surface area contributed by atoms with Crippen molar-refractivity contribution in [2.24, 2.45) is 5.73 Å². The van der Waals surface area contributed by atoms with Crippen molar-refractivity contribution in [2.45, 2.75) is 25.4 Å². The Balaban J connectivity index is 1.93. The Morgan fingerprint density at radius 3 is 2.71 bits per heavy atom. The number of amides is 1.